The Morgan fingerprint density at radius 2 is 2.12 bits per heavy atom. The van der Waals surface area contributed by atoms with E-state index in [1.807, 2.05) is 32.2 Å². The van der Waals surface area contributed by atoms with Crippen LogP contribution in [0.1, 0.15) is 17.0 Å². The van der Waals surface area contributed by atoms with Crippen molar-refractivity contribution in [2.45, 2.75) is 20.4 Å². The van der Waals surface area contributed by atoms with E-state index >= 15 is 0 Å². The quantitative estimate of drug-likeness (QED) is 0.870. The average molecular weight is 237 g/mol. The number of aromatic nitrogens is 3. The van der Waals surface area contributed by atoms with Crippen LogP contribution in [0.15, 0.2) is 18.3 Å². The molecule has 0 saturated carbocycles. The highest BCUT2D eigenvalue weighted by atomic mass is 35.5. The predicted molar refractivity (Wildman–Crippen MR) is 64.5 cm³/mol. The molecule has 2 N–H and O–H groups in total. The van der Waals surface area contributed by atoms with Gasteiger partial charge in [-0.05, 0) is 25.5 Å². The van der Waals surface area contributed by atoms with Gasteiger partial charge in [-0.3, -0.25) is 4.98 Å². The van der Waals surface area contributed by atoms with Crippen molar-refractivity contribution in [3.63, 3.8) is 0 Å². The molecule has 4 nitrogen and oxygen atoms in total. The fourth-order valence-corrected chi connectivity index (χ4v) is 1.58. The molecule has 2 aromatic heterocycles. The summed E-state index contributed by atoms with van der Waals surface area (Å²) in [4.78, 5) is 4.29. The van der Waals surface area contributed by atoms with E-state index in [4.69, 9.17) is 17.3 Å². The van der Waals surface area contributed by atoms with Gasteiger partial charge in [-0.25, -0.2) is 4.68 Å². The molecule has 2 rings (SSSR count). The lowest BCUT2D eigenvalue weighted by atomic mass is 10.3. The molecule has 0 amide bonds. The summed E-state index contributed by atoms with van der Waals surface area (Å²) in [5, 5.41) is 4.77. The highest BCUT2D eigenvalue weighted by molar-refractivity contribution is 6.33. The number of hydrogen-bond donors (Lipinski definition) is 1. The summed E-state index contributed by atoms with van der Waals surface area (Å²) in [6.07, 6.45) is 1.82. The van der Waals surface area contributed by atoms with Crippen LogP contribution in [0, 0.1) is 13.8 Å². The summed E-state index contributed by atoms with van der Waals surface area (Å²) in [5.41, 5.74) is 8.61. The van der Waals surface area contributed by atoms with Crippen molar-refractivity contribution >= 4 is 17.4 Å². The number of nitrogen functional groups attached to an aromatic ring is 1. The van der Waals surface area contributed by atoms with E-state index in [1.54, 1.807) is 4.68 Å². The van der Waals surface area contributed by atoms with Gasteiger partial charge in [0.25, 0.3) is 0 Å². The third-order valence-corrected chi connectivity index (χ3v) is 2.84. The van der Waals surface area contributed by atoms with Crippen molar-refractivity contribution in [1.82, 2.24) is 14.8 Å². The van der Waals surface area contributed by atoms with Gasteiger partial charge in [-0.15, -0.1) is 0 Å². The lowest BCUT2D eigenvalue weighted by molar-refractivity contribution is 0.675. The molecule has 0 spiro atoms. The average Bonchev–Trinajstić information content (AvgIpc) is 2.50. The first-order valence-corrected chi connectivity index (χ1v) is 5.35. The lowest BCUT2D eigenvalue weighted by Crippen LogP contribution is -2.07. The zero-order valence-electron chi connectivity index (χ0n) is 9.24. The van der Waals surface area contributed by atoms with Gasteiger partial charge in [0, 0.05) is 6.20 Å². The van der Waals surface area contributed by atoms with E-state index in [2.05, 4.69) is 10.1 Å². The number of hydrogen-bond acceptors (Lipinski definition) is 3. The molecule has 0 radical (unpaired) electrons. The van der Waals surface area contributed by atoms with Gasteiger partial charge >= 0.3 is 0 Å². The number of anilines is 1. The molecule has 0 aliphatic carbocycles. The topological polar surface area (TPSA) is 56.7 Å². The highest BCUT2D eigenvalue weighted by Crippen LogP contribution is 2.22. The van der Waals surface area contributed by atoms with Crippen molar-refractivity contribution in [2.24, 2.45) is 0 Å². The second-order valence-corrected chi connectivity index (χ2v) is 4.15. The molecule has 2 aromatic rings. The van der Waals surface area contributed by atoms with Crippen molar-refractivity contribution in [3.8, 4) is 0 Å². The Morgan fingerprint density at radius 3 is 2.62 bits per heavy atom. The second kappa shape index (κ2) is 4.14. The maximum absolute atomic E-state index is 5.96. The zero-order chi connectivity index (χ0) is 11.7. The van der Waals surface area contributed by atoms with Crippen molar-refractivity contribution in [3.05, 3.63) is 40.3 Å². The monoisotopic (exact) mass is 236 g/mol. The van der Waals surface area contributed by atoms with Gasteiger partial charge in [0.05, 0.1) is 17.9 Å². The minimum Gasteiger partial charge on any atom is -0.383 e. The second-order valence-electron chi connectivity index (χ2n) is 3.77. The zero-order valence-corrected chi connectivity index (χ0v) is 9.99. The van der Waals surface area contributed by atoms with Crippen LogP contribution in [0.2, 0.25) is 5.02 Å². The first-order valence-electron chi connectivity index (χ1n) is 4.98. The Bertz CT molecular complexity index is 501. The number of rotatable bonds is 2. The van der Waals surface area contributed by atoms with Gasteiger partial charge in [-0.1, -0.05) is 17.7 Å². The summed E-state index contributed by atoms with van der Waals surface area (Å²) in [6.45, 7) is 4.37. The van der Waals surface area contributed by atoms with Gasteiger partial charge in [0.2, 0.25) is 0 Å². The molecule has 0 atom stereocenters. The smallest absolute Gasteiger partial charge is 0.141 e. The van der Waals surface area contributed by atoms with E-state index in [0.29, 0.717) is 17.4 Å². The van der Waals surface area contributed by atoms with E-state index in [-0.39, 0.29) is 0 Å². The molecule has 0 bridgehead atoms. The van der Waals surface area contributed by atoms with Crippen LogP contribution in [0.25, 0.3) is 0 Å². The maximum Gasteiger partial charge on any atom is 0.141 e. The summed E-state index contributed by atoms with van der Waals surface area (Å²) in [7, 11) is 0. The fraction of sp³-hybridized carbons (Fsp3) is 0.273. The first-order chi connectivity index (χ1) is 7.58. The molecule has 2 heterocycles. The number of pyridine rings is 1. The summed E-state index contributed by atoms with van der Waals surface area (Å²) >= 11 is 5.96. The van der Waals surface area contributed by atoms with Gasteiger partial charge < -0.3 is 5.73 Å². The predicted octanol–water partition coefficient (Wildman–Crippen LogP) is 2.18. The van der Waals surface area contributed by atoms with E-state index in [1.165, 1.54) is 0 Å². The van der Waals surface area contributed by atoms with Crippen LogP contribution >= 0.6 is 11.6 Å². The molecule has 0 saturated heterocycles. The SMILES string of the molecule is Cc1ccc(Cn2nc(C)c(Cl)c2N)nc1. The highest BCUT2D eigenvalue weighted by Gasteiger charge is 2.10. The Morgan fingerprint density at radius 1 is 1.38 bits per heavy atom. The molecular formula is C11H13ClN4. The Hall–Kier alpha value is -1.55. The van der Waals surface area contributed by atoms with Gasteiger partial charge in [0.1, 0.15) is 10.8 Å². The number of nitrogens with two attached hydrogens (primary N) is 1. The first kappa shape index (κ1) is 11.0. The largest absolute Gasteiger partial charge is 0.383 e. The molecular weight excluding hydrogens is 224 g/mol. The Labute approximate surface area is 99.1 Å². The van der Waals surface area contributed by atoms with E-state index in [9.17, 15) is 0 Å². The molecule has 0 aromatic carbocycles. The maximum atomic E-state index is 5.96. The molecule has 0 fully saturated rings. The van der Waals surface area contributed by atoms with Crippen LogP contribution < -0.4 is 5.73 Å². The van der Waals surface area contributed by atoms with Crippen LogP contribution in [0.4, 0.5) is 5.82 Å². The molecule has 84 valence electrons. The summed E-state index contributed by atoms with van der Waals surface area (Å²) in [6, 6.07) is 3.97. The molecule has 0 aliphatic heterocycles. The van der Waals surface area contributed by atoms with Crippen LogP contribution in [0.5, 0.6) is 0 Å². The van der Waals surface area contributed by atoms with Gasteiger partial charge in [-0.2, -0.15) is 5.10 Å². The normalized spacial score (nSPS) is 10.7. The molecule has 0 aliphatic rings. The Kier molecular flexibility index (Phi) is 2.83. The third kappa shape index (κ3) is 2.02. The fourth-order valence-electron chi connectivity index (χ4n) is 1.44. The standard InChI is InChI=1S/C11H13ClN4/c1-7-3-4-9(14-5-7)6-16-11(13)10(12)8(2)15-16/h3-5H,6,13H2,1-2H3. The van der Waals surface area contributed by atoms with E-state index < -0.39 is 0 Å². The number of nitrogens with zero attached hydrogens (tertiary/aromatic N) is 3. The molecule has 16 heavy (non-hydrogen) atoms. The van der Waals surface area contributed by atoms with E-state index in [0.717, 1.165) is 17.0 Å². The third-order valence-electron chi connectivity index (χ3n) is 2.38. The van der Waals surface area contributed by atoms with Crippen LogP contribution in [-0.4, -0.2) is 14.8 Å². The minimum atomic E-state index is 0.488. The summed E-state index contributed by atoms with van der Waals surface area (Å²) in [5.74, 6) is 0.488. The number of aryl methyl sites for hydroxylation is 2. The van der Waals surface area contributed by atoms with Crippen molar-refractivity contribution in [1.29, 1.82) is 0 Å². The van der Waals surface area contributed by atoms with Gasteiger partial charge in [0.15, 0.2) is 0 Å². The van der Waals surface area contributed by atoms with Crippen molar-refractivity contribution in [2.75, 3.05) is 5.73 Å². The molecule has 0 unspecified atom stereocenters. The van der Waals surface area contributed by atoms with Crippen LogP contribution in [-0.2, 0) is 6.54 Å². The van der Waals surface area contributed by atoms with Crippen molar-refractivity contribution < 1.29 is 0 Å². The van der Waals surface area contributed by atoms with Crippen LogP contribution in [0.3, 0.4) is 0 Å². The lowest BCUT2D eigenvalue weighted by Gasteiger charge is -2.03. The molecule has 5 heteroatoms. The number of halogens is 1. The Balaban J connectivity index is 2.27. The minimum absolute atomic E-state index is 0.488. The summed E-state index contributed by atoms with van der Waals surface area (Å²) < 4.78 is 1.66.